The van der Waals surface area contributed by atoms with Gasteiger partial charge in [0.15, 0.2) is 9.84 Å². The van der Waals surface area contributed by atoms with Crippen LogP contribution in [0, 0.1) is 0 Å². The lowest BCUT2D eigenvalue weighted by Gasteiger charge is -2.11. The number of anilines is 2. The average molecular weight is 367 g/mol. The Labute approximate surface area is 151 Å². The van der Waals surface area contributed by atoms with Gasteiger partial charge in [0.05, 0.1) is 16.3 Å². The van der Waals surface area contributed by atoms with E-state index in [-0.39, 0.29) is 10.8 Å². The van der Waals surface area contributed by atoms with Crippen molar-refractivity contribution in [2.45, 2.75) is 4.90 Å². The second-order valence-electron chi connectivity index (χ2n) is 5.79. The molecule has 0 radical (unpaired) electrons. The van der Waals surface area contributed by atoms with Gasteiger partial charge in [0.1, 0.15) is 0 Å². The molecule has 2 aromatic carbocycles. The van der Waals surface area contributed by atoms with E-state index in [1.54, 1.807) is 24.5 Å². The zero-order valence-corrected chi connectivity index (χ0v) is 14.8. The van der Waals surface area contributed by atoms with Gasteiger partial charge in [-0.1, -0.05) is 12.1 Å². The molecular formula is C19H17N3O3S. The van der Waals surface area contributed by atoms with Gasteiger partial charge in [-0.05, 0) is 48.0 Å². The summed E-state index contributed by atoms with van der Waals surface area (Å²) in [6.07, 6.45) is 4.53. The van der Waals surface area contributed by atoms with Gasteiger partial charge in [-0.15, -0.1) is 0 Å². The molecule has 1 heterocycles. The zero-order chi connectivity index (χ0) is 18.7. The molecule has 0 spiro atoms. The van der Waals surface area contributed by atoms with Crippen LogP contribution < -0.4 is 11.1 Å². The molecule has 0 atom stereocenters. The van der Waals surface area contributed by atoms with Crippen LogP contribution in [0.5, 0.6) is 0 Å². The van der Waals surface area contributed by atoms with Gasteiger partial charge < -0.3 is 11.1 Å². The number of benzene rings is 2. The summed E-state index contributed by atoms with van der Waals surface area (Å²) in [5.41, 5.74) is 8.98. The molecule has 3 rings (SSSR count). The number of amides is 1. The van der Waals surface area contributed by atoms with Crippen molar-refractivity contribution in [3.05, 3.63) is 72.6 Å². The van der Waals surface area contributed by atoms with E-state index in [1.807, 2.05) is 18.2 Å². The van der Waals surface area contributed by atoms with E-state index in [4.69, 9.17) is 5.73 Å². The standard InChI is InChI=1S/C19H17N3O3S/c1-26(24,25)16-7-4-13(5-8-16)19(23)22-18-11-14(6-9-17(18)20)15-3-2-10-21-12-15/h2-12H,20H2,1H3,(H,22,23). The van der Waals surface area contributed by atoms with Crippen LogP contribution in [0.15, 0.2) is 71.9 Å². The van der Waals surface area contributed by atoms with Crippen LogP contribution in [0.25, 0.3) is 11.1 Å². The normalized spacial score (nSPS) is 11.1. The van der Waals surface area contributed by atoms with Crippen LogP contribution in [0.2, 0.25) is 0 Å². The molecule has 1 amide bonds. The first-order chi connectivity index (χ1) is 12.3. The molecule has 132 valence electrons. The molecule has 3 aromatic rings. The first-order valence-electron chi connectivity index (χ1n) is 7.76. The van der Waals surface area contributed by atoms with Gasteiger partial charge in [0, 0.05) is 29.8 Å². The maximum Gasteiger partial charge on any atom is 0.255 e. The molecule has 0 saturated carbocycles. The summed E-state index contributed by atoms with van der Waals surface area (Å²) in [5.74, 6) is -0.375. The van der Waals surface area contributed by atoms with Crippen molar-refractivity contribution in [2.24, 2.45) is 0 Å². The Morgan fingerprint density at radius 3 is 2.38 bits per heavy atom. The predicted molar refractivity (Wildman–Crippen MR) is 102 cm³/mol. The Hall–Kier alpha value is -3.19. The number of rotatable bonds is 4. The lowest BCUT2D eigenvalue weighted by molar-refractivity contribution is 0.102. The second kappa shape index (κ2) is 6.97. The Morgan fingerprint density at radius 2 is 1.77 bits per heavy atom. The third kappa shape index (κ3) is 3.89. The van der Waals surface area contributed by atoms with Crippen molar-refractivity contribution < 1.29 is 13.2 Å². The van der Waals surface area contributed by atoms with E-state index in [1.165, 1.54) is 24.3 Å². The fourth-order valence-corrected chi connectivity index (χ4v) is 3.06. The number of sulfone groups is 1. The van der Waals surface area contributed by atoms with Crippen LogP contribution in [0.4, 0.5) is 11.4 Å². The van der Waals surface area contributed by atoms with Gasteiger partial charge in [-0.3, -0.25) is 9.78 Å². The summed E-state index contributed by atoms with van der Waals surface area (Å²) in [5, 5.41) is 2.76. The third-order valence-corrected chi connectivity index (χ3v) is 4.97. The van der Waals surface area contributed by atoms with Crippen molar-refractivity contribution in [3.63, 3.8) is 0 Å². The van der Waals surface area contributed by atoms with Crippen molar-refractivity contribution in [2.75, 3.05) is 17.3 Å². The SMILES string of the molecule is CS(=O)(=O)c1ccc(C(=O)Nc2cc(-c3cccnc3)ccc2N)cc1. The Morgan fingerprint density at radius 1 is 1.04 bits per heavy atom. The predicted octanol–water partition coefficient (Wildman–Crippen LogP) is 2.99. The number of carbonyl (C=O) groups is 1. The molecular weight excluding hydrogens is 350 g/mol. The molecule has 1 aromatic heterocycles. The van der Waals surface area contributed by atoms with Crippen LogP contribution >= 0.6 is 0 Å². The number of nitrogens with two attached hydrogens (primary N) is 1. The third-order valence-electron chi connectivity index (χ3n) is 3.84. The summed E-state index contributed by atoms with van der Waals surface area (Å²) in [6, 6.07) is 14.8. The highest BCUT2D eigenvalue weighted by atomic mass is 32.2. The minimum Gasteiger partial charge on any atom is -0.397 e. The quantitative estimate of drug-likeness (QED) is 0.690. The summed E-state index contributed by atoms with van der Waals surface area (Å²) < 4.78 is 23.0. The van der Waals surface area contributed by atoms with Crippen LogP contribution in [0.3, 0.4) is 0 Å². The molecule has 0 aliphatic carbocycles. The van der Waals surface area contributed by atoms with Crippen LogP contribution in [-0.2, 0) is 9.84 Å². The van der Waals surface area contributed by atoms with Gasteiger partial charge in [-0.25, -0.2) is 8.42 Å². The molecule has 0 saturated heterocycles. The minimum atomic E-state index is -3.30. The fourth-order valence-electron chi connectivity index (χ4n) is 2.43. The summed E-state index contributed by atoms with van der Waals surface area (Å²) in [7, 11) is -3.30. The molecule has 6 nitrogen and oxygen atoms in total. The molecule has 26 heavy (non-hydrogen) atoms. The molecule has 7 heteroatoms. The topological polar surface area (TPSA) is 102 Å². The van der Waals surface area contributed by atoms with Crippen molar-refractivity contribution in [1.82, 2.24) is 4.98 Å². The van der Waals surface area contributed by atoms with E-state index in [9.17, 15) is 13.2 Å². The lowest BCUT2D eigenvalue weighted by atomic mass is 10.1. The minimum absolute atomic E-state index is 0.159. The van der Waals surface area contributed by atoms with Crippen LogP contribution in [-0.4, -0.2) is 25.6 Å². The van der Waals surface area contributed by atoms with Crippen LogP contribution in [0.1, 0.15) is 10.4 Å². The number of nitrogens with one attached hydrogen (secondary N) is 1. The number of aromatic nitrogens is 1. The van der Waals surface area contributed by atoms with Crippen molar-refractivity contribution in [3.8, 4) is 11.1 Å². The molecule has 0 aliphatic heterocycles. The molecule has 3 N–H and O–H groups in total. The second-order valence-corrected chi connectivity index (χ2v) is 7.81. The van der Waals surface area contributed by atoms with E-state index in [2.05, 4.69) is 10.3 Å². The van der Waals surface area contributed by atoms with E-state index in [0.29, 0.717) is 16.9 Å². The molecule has 0 aliphatic rings. The smallest absolute Gasteiger partial charge is 0.255 e. The molecule has 0 bridgehead atoms. The fraction of sp³-hybridized carbons (Fsp3) is 0.0526. The summed E-state index contributed by atoms with van der Waals surface area (Å²) in [4.78, 5) is 16.7. The summed E-state index contributed by atoms with van der Waals surface area (Å²) in [6.45, 7) is 0. The van der Waals surface area contributed by atoms with Crippen molar-refractivity contribution in [1.29, 1.82) is 0 Å². The van der Waals surface area contributed by atoms with E-state index < -0.39 is 9.84 Å². The highest BCUT2D eigenvalue weighted by Gasteiger charge is 2.12. The number of hydrogen-bond donors (Lipinski definition) is 2. The number of nitrogens with zero attached hydrogens (tertiary/aromatic N) is 1. The zero-order valence-electron chi connectivity index (χ0n) is 14.0. The average Bonchev–Trinajstić information content (AvgIpc) is 2.63. The van der Waals surface area contributed by atoms with Gasteiger partial charge in [0.25, 0.3) is 5.91 Å². The van der Waals surface area contributed by atoms with Gasteiger partial charge in [0.2, 0.25) is 0 Å². The summed E-state index contributed by atoms with van der Waals surface area (Å²) >= 11 is 0. The van der Waals surface area contributed by atoms with E-state index in [0.717, 1.165) is 17.4 Å². The number of pyridine rings is 1. The first-order valence-corrected chi connectivity index (χ1v) is 9.65. The highest BCUT2D eigenvalue weighted by Crippen LogP contribution is 2.27. The maximum absolute atomic E-state index is 12.4. The maximum atomic E-state index is 12.4. The molecule has 0 fully saturated rings. The van der Waals surface area contributed by atoms with Gasteiger partial charge in [-0.2, -0.15) is 0 Å². The largest absolute Gasteiger partial charge is 0.397 e. The monoisotopic (exact) mass is 367 g/mol. The number of nitrogen functional groups attached to an aromatic ring is 1. The molecule has 0 unspecified atom stereocenters. The highest BCUT2D eigenvalue weighted by molar-refractivity contribution is 7.90. The Bertz CT molecular complexity index is 1050. The van der Waals surface area contributed by atoms with Gasteiger partial charge >= 0.3 is 0 Å². The Balaban J connectivity index is 1.85. The number of hydrogen-bond acceptors (Lipinski definition) is 5. The number of carbonyl (C=O) groups excluding carboxylic acids is 1. The first kappa shape index (κ1) is 17.6. The Kier molecular flexibility index (Phi) is 4.73. The van der Waals surface area contributed by atoms with Crippen molar-refractivity contribution >= 4 is 27.1 Å². The lowest BCUT2D eigenvalue weighted by Crippen LogP contribution is -2.13. The van der Waals surface area contributed by atoms with E-state index >= 15 is 0 Å².